The Balaban J connectivity index is 1.15. The van der Waals surface area contributed by atoms with Gasteiger partial charge in [-0.1, -0.05) is 152 Å². The smallest absolute Gasteiger partial charge is 0.227 e. The minimum Gasteiger partial charge on any atom is -0.435 e. The summed E-state index contributed by atoms with van der Waals surface area (Å²) in [6.07, 6.45) is 0. The number of aromatic nitrogens is 4. The summed E-state index contributed by atoms with van der Waals surface area (Å²) in [6, 6.07) is 62.3. The van der Waals surface area contributed by atoms with Crippen LogP contribution in [-0.4, -0.2) is 19.9 Å². The van der Waals surface area contributed by atoms with Crippen molar-refractivity contribution < 1.29 is 4.42 Å². The lowest BCUT2D eigenvalue weighted by atomic mass is 9.96. The summed E-state index contributed by atoms with van der Waals surface area (Å²) in [6.45, 7) is 0. The van der Waals surface area contributed by atoms with Gasteiger partial charge in [-0.3, -0.25) is 0 Å². The van der Waals surface area contributed by atoms with Gasteiger partial charge < -0.3 is 4.42 Å². The molecule has 0 aliphatic carbocycles. The van der Waals surface area contributed by atoms with Crippen LogP contribution in [0.25, 0.3) is 101 Å². The monoisotopic (exact) mass is 678 g/mol. The van der Waals surface area contributed by atoms with Crippen LogP contribution in [0.15, 0.2) is 186 Å². The highest BCUT2D eigenvalue weighted by Crippen LogP contribution is 2.38. The summed E-state index contributed by atoms with van der Waals surface area (Å²) < 4.78 is 6.51. The van der Waals surface area contributed by atoms with E-state index in [2.05, 4.69) is 140 Å². The highest BCUT2D eigenvalue weighted by Gasteiger charge is 2.18. The van der Waals surface area contributed by atoms with Gasteiger partial charge in [-0.05, 0) is 68.7 Å². The predicted octanol–water partition coefficient (Wildman–Crippen LogP) is 12.3. The van der Waals surface area contributed by atoms with E-state index in [1.165, 1.54) is 0 Å². The van der Waals surface area contributed by atoms with Gasteiger partial charge in [0.25, 0.3) is 0 Å². The largest absolute Gasteiger partial charge is 0.435 e. The van der Waals surface area contributed by atoms with Gasteiger partial charge in [-0.25, -0.2) is 19.9 Å². The quantitative estimate of drug-likeness (QED) is 0.175. The first kappa shape index (κ1) is 30.6. The Labute approximate surface area is 305 Å². The molecule has 10 aromatic rings. The third-order valence-corrected chi connectivity index (χ3v) is 9.74. The molecule has 248 valence electrons. The molecule has 2 aromatic heterocycles. The van der Waals surface area contributed by atoms with Gasteiger partial charge in [0.1, 0.15) is 5.52 Å². The van der Waals surface area contributed by atoms with Crippen LogP contribution in [0, 0.1) is 0 Å². The molecular weight excluding hydrogens is 649 g/mol. The fourth-order valence-electron chi connectivity index (χ4n) is 7.17. The van der Waals surface area contributed by atoms with Crippen LogP contribution in [0.2, 0.25) is 0 Å². The molecule has 0 fully saturated rings. The molecule has 5 heteroatoms. The molecule has 0 spiro atoms. The van der Waals surface area contributed by atoms with Crippen LogP contribution >= 0.6 is 0 Å². The van der Waals surface area contributed by atoms with Crippen molar-refractivity contribution in [3.8, 4) is 67.9 Å². The molecule has 8 aromatic carbocycles. The fraction of sp³-hybridized carbons (Fsp3) is 0. The van der Waals surface area contributed by atoms with E-state index < -0.39 is 0 Å². The first-order valence-corrected chi connectivity index (χ1v) is 17.6. The SMILES string of the molecule is c1ccc(-c2cccc(-c3nc(-c4cccc(-c5cccc6ccc7nc(-c8ccccc8)oc7c56)c4)nc(-c4cccc5ccccc45)n3)c2)cc1. The van der Waals surface area contributed by atoms with Crippen molar-refractivity contribution in [1.82, 2.24) is 19.9 Å². The summed E-state index contributed by atoms with van der Waals surface area (Å²) in [5.41, 5.74) is 9.60. The van der Waals surface area contributed by atoms with Gasteiger partial charge >= 0.3 is 0 Å². The summed E-state index contributed by atoms with van der Waals surface area (Å²) >= 11 is 0. The van der Waals surface area contributed by atoms with Crippen LogP contribution < -0.4 is 0 Å². The molecule has 0 atom stereocenters. The highest BCUT2D eigenvalue weighted by atomic mass is 16.3. The van der Waals surface area contributed by atoms with Crippen LogP contribution in [0.4, 0.5) is 0 Å². The molecule has 0 radical (unpaired) electrons. The van der Waals surface area contributed by atoms with Crippen LogP contribution in [0.3, 0.4) is 0 Å². The van der Waals surface area contributed by atoms with Gasteiger partial charge in [0.2, 0.25) is 5.89 Å². The maximum absolute atomic E-state index is 6.51. The Morgan fingerprint density at radius 2 is 0.887 bits per heavy atom. The molecule has 0 aliphatic heterocycles. The highest BCUT2D eigenvalue weighted by molar-refractivity contribution is 6.11. The van der Waals surface area contributed by atoms with Crippen molar-refractivity contribution in [3.05, 3.63) is 182 Å². The normalized spacial score (nSPS) is 11.4. The summed E-state index contributed by atoms with van der Waals surface area (Å²) in [5, 5.41) is 4.32. The van der Waals surface area contributed by atoms with E-state index in [9.17, 15) is 0 Å². The number of fused-ring (bicyclic) bond motifs is 4. The van der Waals surface area contributed by atoms with Gasteiger partial charge in [0, 0.05) is 27.6 Å². The Kier molecular flexibility index (Phi) is 7.40. The molecule has 53 heavy (non-hydrogen) atoms. The zero-order chi connectivity index (χ0) is 35.1. The molecule has 0 amide bonds. The van der Waals surface area contributed by atoms with Crippen molar-refractivity contribution in [3.63, 3.8) is 0 Å². The van der Waals surface area contributed by atoms with Gasteiger partial charge in [-0.2, -0.15) is 0 Å². The Morgan fingerprint density at radius 3 is 1.66 bits per heavy atom. The standard InChI is InChI=1S/C48H30N4O/c1-3-13-31(14-4-1)35-20-9-22-37(29-35)45-50-46(52-47(51-45)41-26-11-18-32-15-7-8-24-39(32)41)38-23-10-21-36(30-38)40-25-12-19-33-27-28-42-44(43(33)40)53-48(49-42)34-16-5-2-6-17-34/h1-30H. The fourth-order valence-corrected chi connectivity index (χ4v) is 7.17. The van der Waals surface area contributed by atoms with Gasteiger partial charge in [0.05, 0.1) is 0 Å². The van der Waals surface area contributed by atoms with E-state index in [1.807, 2.05) is 42.5 Å². The van der Waals surface area contributed by atoms with Gasteiger partial charge in [-0.15, -0.1) is 0 Å². The molecular formula is C48H30N4O. The van der Waals surface area contributed by atoms with Crippen molar-refractivity contribution in [2.24, 2.45) is 0 Å². The van der Waals surface area contributed by atoms with Gasteiger partial charge in [0.15, 0.2) is 23.1 Å². The Morgan fingerprint density at radius 1 is 0.340 bits per heavy atom. The van der Waals surface area contributed by atoms with E-state index in [0.29, 0.717) is 23.4 Å². The number of nitrogens with zero attached hydrogens (tertiary/aromatic N) is 4. The number of hydrogen-bond acceptors (Lipinski definition) is 5. The third-order valence-electron chi connectivity index (χ3n) is 9.74. The molecule has 10 rings (SSSR count). The molecule has 0 N–H and O–H groups in total. The van der Waals surface area contributed by atoms with Crippen molar-refractivity contribution in [2.75, 3.05) is 0 Å². The van der Waals surface area contributed by atoms with E-state index in [-0.39, 0.29) is 0 Å². The summed E-state index contributed by atoms with van der Waals surface area (Å²) in [7, 11) is 0. The zero-order valence-electron chi connectivity index (χ0n) is 28.5. The average molecular weight is 679 g/mol. The lowest BCUT2D eigenvalue weighted by molar-refractivity contribution is 0.623. The number of rotatable bonds is 6. The van der Waals surface area contributed by atoms with E-state index in [0.717, 1.165) is 77.2 Å². The second-order valence-electron chi connectivity index (χ2n) is 13.1. The third kappa shape index (κ3) is 5.61. The first-order valence-electron chi connectivity index (χ1n) is 17.6. The van der Waals surface area contributed by atoms with Crippen LogP contribution in [0.5, 0.6) is 0 Å². The van der Waals surface area contributed by atoms with E-state index >= 15 is 0 Å². The second kappa shape index (κ2) is 12.8. The zero-order valence-corrected chi connectivity index (χ0v) is 28.5. The van der Waals surface area contributed by atoms with Crippen molar-refractivity contribution >= 4 is 32.6 Å². The van der Waals surface area contributed by atoms with Crippen LogP contribution in [-0.2, 0) is 0 Å². The van der Waals surface area contributed by atoms with E-state index in [1.54, 1.807) is 0 Å². The first-order chi connectivity index (χ1) is 26.2. The maximum atomic E-state index is 6.51. The molecule has 0 saturated carbocycles. The lowest BCUT2D eigenvalue weighted by Gasteiger charge is -2.12. The summed E-state index contributed by atoms with van der Waals surface area (Å²) in [4.78, 5) is 20.3. The van der Waals surface area contributed by atoms with Crippen molar-refractivity contribution in [1.29, 1.82) is 0 Å². The second-order valence-corrected chi connectivity index (χ2v) is 13.1. The Hall–Kier alpha value is -7.24. The van der Waals surface area contributed by atoms with Crippen LogP contribution in [0.1, 0.15) is 0 Å². The molecule has 0 aliphatic rings. The average Bonchev–Trinajstić information content (AvgIpc) is 3.69. The van der Waals surface area contributed by atoms with Crippen molar-refractivity contribution in [2.45, 2.75) is 0 Å². The minimum atomic E-state index is 0.598. The number of hydrogen-bond donors (Lipinski definition) is 0. The summed E-state index contributed by atoms with van der Waals surface area (Å²) in [5.74, 6) is 2.44. The lowest BCUT2D eigenvalue weighted by Crippen LogP contribution is -2.01. The van der Waals surface area contributed by atoms with E-state index in [4.69, 9.17) is 24.4 Å². The Bertz CT molecular complexity index is 2950. The predicted molar refractivity (Wildman–Crippen MR) is 215 cm³/mol. The minimum absolute atomic E-state index is 0.598. The molecule has 0 bridgehead atoms. The maximum Gasteiger partial charge on any atom is 0.227 e. The molecule has 2 heterocycles. The molecule has 5 nitrogen and oxygen atoms in total. The topological polar surface area (TPSA) is 64.7 Å². The molecule has 0 unspecified atom stereocenters. The number of benzene rings is 8. The molecule has 0 saturated heterocycles. The number of oxazole rings is 1.